The Hall–Kier alpha value is -3.02. The molecule has 3 aliphatic rings. The van der Waals surface area contributed by atoms with Crippen LogP contribution >= 0.6 is 0 Å². The monoisotopic (exact) mass is 511 g/mol. The molecule has 38 heavy (non-hydrogen) atoms. The van der Waals surface area contributed by atoms with Crippen molar-refractivity contribution in [2.45, 2.75) is 45.1 Å². The summed E-state index contributed by atoms with van der Waals surface area (Å²) in [5, 5.41) is 10.2. The van der Waals surface area contributed by atoms with Crippen LogP contribution in [0.3, 0.4) is 0 Å². The first kappa shape index (κ1) is 25.3. The van der Waals surface area contributed by atoms with E-state index in [1.54, 1.807) is 0 Å². The highest BCUT2D eigenvalue weighted by Crippen LogP contribution is 2.33. The number of benzene rings is 3. The topological polar surface area (TPSA) is 39.2 Å². The smallest absolute Gasteiger partial charge is 0.123 e. The number of rotatable bonds is 8. The highest BCUT2D eigenvalue weighted by atomic mass is 16.5. The molecule has 2 heterocycles. The van der Waals surface area contributed by atoms with Gasteiger partial charge in [0.2, 0.25) is 0 Å². The molecule has 1 fully saturated rings. The second-order valence-corrected chi connectivity index (χ2v) is 11.1. The molecule has 200 valence electrons. The molecule has 3 aromatic rings. The Kier molecular flexibility index (Phi) is 7.57. The predicted molar refractivity (Wildman–Crippen MR) is 156 cm³/mol. The number of aromatic hydroxyl groups is 1. The lowest BCUT2D eigenvalue weighted by molar-refractivity contribution is 0.145. The quantitative estimate of drug-likeness (QED) is 0.439. The third kappa shape index (κ3) is 5.41. The second kappa shape index (κ2) is 11.4. The van der Waals surface area contributed by atoms with Gasteiger partial charge < -0.3 is 14.7 Å². The second-order valence-electron chi connectivity index (χ2n) is 11.1. The van der Waals surface area contributed by atoms with E-state index in [0.29, 0.717) is 11.8 Å². The zero-order valence-corrected chi connectivity index (χ0v) is 22.7. The normalized spacial score (nSPS) is 19.3. The molecular weight excluding hydrogens is 470 g/mol. The number of nitrogens with zero attached hydrogens (tertiary/aromatic N) is 3. The van der Waals surface area contributed by atoms with E-state index in [2.05, 4.69) is 70.2 Å². The number of ether oxygens (including phenoxy) is 1. The minimum Gasteiger partial charge on any atom is -0.508 e. The number of phenols is 1. The van der Waals surface area contributed by atoms with Crippen molar-refractivity contribution >= 4 is 5.69 Å². The molecule has 6 rings (SSSR count). The molecule has 0 radical (unpaired) electrons. The number of hydrogen-bond acceptors (Lipinski definition) is 5. The summed E-state index contributed by atoms with van der Waals surface area (Å²) in [7, 11) is 0. The minimum absolute atomic E-state index is 0.480. The van der Waals surface area contributed by atoms with Gasteiger partial charge in [-0.3, -0.25) is 9.80 Å². The van der Waals surface area contributed by atoms with Crippen molar-refractivity contribution in [3.05, 3.63) is 77.4 Å². The number of hydrogen-bond donors (Lipinski definition) is 1. The first-order chi connectivity index (χ1) is 18.7. The molecule has 0 bridgehead atoms. The van der Waals surface area contributed by atoms with Crippen molar-refractivity contribution in [1.29, 1.82) is 0 Å². The molecule has 3 aromatic carbocycles. The Labute approximate surface area is 227 Å². The number of anilines is 1. The van der Waals surface area contributed by atoms with Crippen molar-refractivity contribution in [2.24, 2.45) is 0 Å². The zero-order valence-electron chi connectivity index (χ0n) is 22.7. The van der Waals surface area contributed by atoms with Gasteiger partial charge in [-0.05, 0) is 84.3 Å². The van der Waals surface area contributed by atoms with Crippen molar-refractivity contribution in [1.82, 2.24) is 9.80 Å². The van der Waals surface area contributed by atoms with Crippen LogP contribution in [0.15, 0.2) is 60.7 Å². The van der Waals surface area contributed by atoms with Crippen molar-refractivity contribution in [3.63, 3.8) is 0 Å². The molecule has 0 aromatic heterocycles. The van der Waals surface area contributed by atoms with E-state index in [1.807, 2.05) is 12.1 Å². The Balaban J connectivity index is 1.01. The summed E-state index contributed by atoms with van der Waals surface area (Å²) in [4.78, 5) is 7.88. The van der Waals surface area contributed by atoms with E-state index >= 15 is 0 Å². The van der Waals surface area contributed by atoms with Gasteiger partial charge in [-0.1, -0.05) is 43.3 Å². The third-order valence-electron chi connectivity index (χ3n) is 8.80. The van der Waals surface area contributed by atoms with Gasteiger partial charge >= 0.3 is 0 Å². The predicted octanol–water partition coefficient (Wildman–Crippen LogP) is 5.39. The average molecular weight is 512 g/mol. The molecule has 5 nitrogen and oxygen atoms in total. The van der Waals surface area contributed by atoms with E-state index in [9.17, 15) is 5.11 Å². The lowest BCUT2D eigenvalue weighted by Crippen LogP contribution is -2.50. The van der Waals surface area contributed by atoms with Gasteiger partial charge in [-0.15, -0.1) is 0 Å². The van der Waals surface area contributed by atoms with Crippen molar-refractivity contribution < 1.29 is 9.84 Å². The SMILES string of the molecule is CCCN(CCN1CCN(c2ccc(-c3ccc4c(c3)OCC4)cc2)CC1)[C@H]1CCc2c(O)cccc2C1. The molecular formula is C33H41N3O2. The van der Waals surface area contributed by atoms with Gasteiger partial charge in [0.1, 0.15) is 11.5 Å². The van der Waals surface area contributed by atoms with Gasteiger partial charge in [0.15, 0.2) is 0 Å². The average Bonchev–Trinajstić information content (AvgIpc) is 3.44. The summed E-state index contributed by atoms with van der Waals surface area (Å²) in [5.74, 6) is 1.53. The lowest BCUT2D eigenvalue weighted by Gasteiger charge is -2.39. The third-order valence-corrected chi connectivity index (χ3v) is 8.80. The fourth-order valence-electron chi connectivity index (χ4n) is 6.55. The largest absolute Gasteiger partial charge is 0.508 e. The van der Waals surface area contributed by atoms with E-state index in [-0.39, 0.29) is 0 Å². The Morgan fingerprint density at radius 3 is 2.53 bits per heavy atom. The molecule has 0 amide bonds. The highest BCUT2D eigenvalue weighted by Gasteiger charge is 2.26. The number of phenolic OH excluding ortho intramolecular Hbond substituents is 1. The fraction of sp³-hybridized carbons (Fsp3) is 0.455. The van der Waals surface area contributed by atoms with Crippen LogP contribution in [0.1, 0.15) is 36.5 Å². The Morgan fingerprint density at radius 1 is 0.895 bits per heavy atom. The maximum absolute atomic E-state index is 10.2. The fourth-order valence-corrected chi connectivity index (χ4v) is 6.55. The van der Waals surface area contributed by atoms with Crippen LogP contribution in [0.4, 0.5) is 5.69 Å². The molecule has 2 aliphatic heterocycles. The molecule has 1 atom stereocenters. The van der Waals surface area contributed by atoms with Crippen LogP contribution in [0.5, 0.6) is 11.5 Å². The summed E-state index contributed by atoms with van der Waals surface area (Å²) in [6.45, 7) is 10.9. The van der Waals surface area contributed by atoms with E-state index < -0.39 is 0 Å². The first-order valence-electron chi connectivity index (χ1n) is 14.5. The van der Waals surface area contributed by atoms with Gasteiger partial charge in [-0.2, -0.15) is 0 Å². The zero-order chi connectivity index (χ0) is 25.9. The van der Waals surface area contributed by atoms with Crippen LogP contribution < -0.4 is 9.64 Å². The van der Waals surface area contributed by atoms with Gasteiger partial charge in [-0.25, -0.2) is 0 Å². The molecule has 0 unspecified atom stereocenters. The Morgan fingerprint density at radius 2 is 1.71 bits per heavy atom. The van der Waals surface area contributed by atoms with Crippen molar-refractivity contribution in [2.75, 3.05) is 57.3 Å². The first-order valence-corrected chi connectivity index (χ1v) is 14.5. The molecule has 5 heteroatoms. The standard InChI is InChI=1S/C33H41N3O2/c1-2-15-35(30-12-13-31-28(23-30)4-3-5-32(31)37)19-16-34-17-20-36(21-18-34)29-10-8-25(9-11-29)27-7-6-26-14-22-38-33(26)24-27/h3-11,24,30,37H,2,12-23H2,1H3/t30-/m0/s1. The summed E-state index contributed by atoms with van der Waals surface area (Å²) >= 11 is 0. The van der Waals surface area contributed by atoms with Crippen LogP contribution in [-0.2, 0) is 19.3 Å². The number of fused-ring (bicyclic) bond motifs is 2. The minimum atomic E-state index is 0.480. The lowest BCUT2D eigenvalue weighted by atomic mass is 9.87. The van der Waals surface area contributed by atoms with Crippen LogP contribution in [0, 0.1) is 0 Å². The summed E-state index contributed by atoms with van der Waals surface area (Å²) in [6.07, 6.45) is 5.41. The van der Waals surface area contributed by atoms with Crippen LogP contribution in [0.2, 0.25) is 0 Å². The molecule has 1 aliphatic carbocycles. The van der Waals surface area contributed by atoms with Crippen LogP contribution in [-0.4, -0.2) is 73.4 Å². The molecule has 1 saturated heterocycles. The molecule has 1 N–H and O–H groups in total. The van der Waals surface area contributed by atoms with Gasteiger partial charge in [0.05, 0.1) is 6.61 Å². The van der Waals surface area contributed by atoms with Crippen molar-refractivity contribution in [3.8, 4) is 22.6 Å². The molecule has 0 saturated carbocycles. The highest BCUT2D eigenvalue weighted by molar-refractivity contribution is 5.69. The van der Waals surface area contributed by atoms with Gasteiger partial charge in [0.25, 0.3) is 0 Å². The van der Waals surface area contributed by atoms with Crippen LogP contribution in [0.25, 0.3) is 11.1 Å². The van der Waals surface area contributed by atoms with E-state index in [4.69, 9.17) is 4.74 Å². The summed E-state index contributed by atoms with van der Waals surface area (Å²) in [5.41, 5.74) is 7.64. The van der Waals surface area contributed by atoms with E-state index in [0.717, 1.165) is 83.9 Å². The molecule has 0 spiro atoms. The Bertz CT molecular complexity index is 1230. The maximum atomic E-state index is 10.2. The number of piperazine rings is 1. The maximum Gasteiger partial charge on any atom is 0.123 e. The van der Waals surface area contributed by atoms with Gasteiger partial charge in [0, 0.05) is 57.4 Å². The summed E-state index contributed by atoms with van der Waals surface area (Å²) in [6, 6.07) is 22.3. The van der Waals surface area contributed by atoms with E-state index in [1.165, 1.54) is 39.9 Å². The summed E-state index contributed by atoms with van der Waals surface area (Å²) < 4.78 is 5.77.